The van der Waals surface area contributed by atoms with Crippen LogP contribution in [0.3, 0.4) is 0 Å². The van der Waals surface area contributed by atoms with Crippen molar-refractivity contribution >= 4 is 23.1 Å². The Balaban J connectivity index is 1.64. The van der Waals surface area contributed by atoms with E-state index in [1.807, 2.05) is 17.5 Å². The zero-order chi connectivity index (χ0) is 16.9. The third-order valence-electron chi connectivity index (χ3n) is 3.36. The third kappa shape index (κ3) is 3.80. The minimum atomic E-state index is -0.841. The van der Waals surface area contributed by atoms with E-state index >= 15 is 0 Å². The van der Waals surface area contributed by atoms with Gasteiger partial charge in [-0.05, 0) is 30.5 Å². The second-order valence-corrected chi connectivity index (χ2v) is 6.17. The molecular formula is C17H16FN3O2S. The molecule has 0 saturated carbocycles. The zero-order valence-electron chi connectivity index (χ0n) is 13.0. The fourth-order valence-electron chi connectivity index (χ4n) is 2.13. The summed E-state index contributed by atoms with van der Waals surface area (Å²) in [4.78, 5) is 13.4. The highest BCUT2D eigenvalue weighted by atomic mass is 32.1. The molecule has 2 aromatic heterocycles. The average Bonchev–Trinajstić information content (AvgIpc) is 3.22. The van der Waals surface area contributed by atoms with Crippen molar-refractivity contribution in [2.75, 3.05) is 5.32 Å². The summed E-state index contributed by atoms with van der Waals surface area (Å²) in [5, 5.41) is 8.96. The Morgan fingerprint density at radius 1 is 1.33 bits per heavy atom. The Kier molecular flexibility index (Phi) is 4.90. The standard InChI is InChI=1S/C17H16FN3O2S/c1-12(23-15-7-3-2-6-14(15)18)17(22)20-16-8-9-19-21(16)11-13-5-4-10-24-13/h2-10,12H,11H2,1H3,(H,20,22). The molecule has 1 amide bonds. The fourth-order valence-corrected chi connectivity index (χ4v) is 2.81. The van der Waals surface area contributed by atoms with Crippen molar-refractivity contribution in [3.05, 3.63) is 64.7 Å². The van der Waals surface area contributed by atoms with Crippen molar-refractivity contribution in [3.63, 3.8) is 0 Å². The van der Waals surface area contributed by atoms with Gasteiger partial charge in [-0.3, -0.25) is 4.79 Å². The predicted octanol–water partition coefficient (Wildman–Crippen LogP) is 3.54. The van der Waals surface area contributed by atoms with Crippen LogP contribution in [-0.2, 0) is 11.3 Å². The number of nitrogens with zero attached hydrogens (tertiary/aromatic N) is 2. The minimum Gasteiger partial charge on any atom is -0.478 e. The van der Waals surface area contributed by atoms with Gasteiger partial charge in [0.2, 0.25) is 0 Å². The summed E-state index contributed by atoms with van der Waals surface area (Å²) in [5.41, 5.74) is 0. The molecule has 0 saturated heterocycles. The molecule has 0 radical (unpaired) electrons. The van der Waals surface area contributed by atoms with E-state index in [2.05, 4.69) is 10.4 Å². The van der Waals surface area contributed by atoms with Crippen LogP contribution >= 0.6 is 11.3 Å². The first-order valence-corrected chi connectivity index (χ1v) is 8.27. The lowest BCUT2D eigenvalue weighted by Gasteiger charge is -2.15. The van der Waals surface area contributed by atoms with E-state index in [9.17, 15) is 9.18 Å². The summed E-state index contributed by atoms with van der Waals surface area (Å²) < 4.78 is 20.7. The largest absolute Gasteiger partial charge is 0.478 e. The maximum absolute atomic E-state index is 13.6. The van der Waals surface area contributed by atoms with Crippen LogP contribution in [0.4, 0.5) is 10.2 Å². The Morgan fingerprint density at radius 3 is 2.92 bits per heavy atom. The molecule has 1 unspecified atom stereocenters. The molecule has 7 heteroatoms. The van der Waals surface area contributed by atoms with Gasteiger partial charge in [0.25, 0.3) is 5.91 Å². The van der Waals surface area contributed by atoms with Crippen LogP contribution in [0.1, 0.15) is 11.8 Å². The number of amides is 1. The molecule has 3 aromatic rings. The first-order valence-electron chi connectivity index (χ1n) is 7.40. The maximum Gasteiger partial charge on any atom is 0.266 e. The molecule has 3 rings (SSSR count). The van der Waals surface area contributed by atoms with Gasteiger partial charge in [-0.2, -0.15) is 5.10 Å². The van der Waals surface area contributed by atoms with Gasteiger partial charge in [0, 0.05) is 10.9 Å². The second kappa shape index (κ2) is 7.27. The van der Waals surface area contributed by atoms with Crippen molar-refractivity contribution in [1.29, 1.82) is 0 Å². The monoisotopic (exact) mass is 345 g/mol. The van der Waals surface area contributed by atoms with Crippen molar-refractivity contribution in [2.45, 2.75) is 19.6 Å². The molecule has 0 bridgehead atoms. The first kappa shape index (κ1) is 16.2. The molecule has 5 nitrogen and oxygen atoms in total. The SMILES string of the molecule is CC(Oc1ccccc1F)C(=O)Nc1ccnn1Cc1cccs1. The molecule has 1 atom stereocenters. The van der Waals surface area contributed by atoms with Gasteiger partial charge in [0.15, 0.2) is 17.7 Å². The number of carbonyl (C=O) groups is 1. The van der Waals surface area contributed by atoms with Crippen molar-refractivity contribution in [3.8, 4) is 5.75 Å². The molecule has 0 spiro atoms. The maximum atomic E-state index is 13.6. The highest BCUT2D eigenvalue weighted by Crippen LogP contribution is 2.18. The molecule has 2 heterocycles. The summed E-state index contributed by atoms with van der Waals surface area (Å²) in [6.07, 6.45) is 0.776. The number of ether oxygens (including phenoxy) is 1. The average molecular weight is 345 g/mol. The van der Waals surface area contributed by atoms with E-state index in [1.54, 1.807) is 47.3 Å². The molecule has 0 fully saturated rings. The summed E-state index contributed by atoms with van der Waals surface area (Å²) in [6.45, 7) is 2.14. The van der Waals surface area contributed by atoms with Gasteiger partial charge in [0.05, 0.1) is 12.7 Å². The minimum absolute atomic E-state index is 0.0484. The number of benzene rings is 1. The van der Waals surface area contributed by atoms with Crippen LogP contribution in [0.25, 0.3) is 0 Å². The molecule has 0 aliphatic carbocycles. The zero-order valence-corrected chi connectivity index (χ0v) is 13.8. The number of halogens is 1. The van der Waals surface area contributed by atoms with Crippen molar-refractivity contribution < 1.29 is 13.9 Å². The van der Waals surface area contributed by atoms with Crippen molar-refractivity contribution in [1.82, 2.24) is 9.78 Å². The lowest BCUT2D eigenvalue weighted by atomic mass is 10.3. The Bertz CT molecular complexity index is 817. The topological polar surface area (TPSA) is 56.1 Å². The van der Waals surface area contributed by atoms with Crippen LogP contribution in [-0.4, -0.2) is 21.8 Å². The molecule has 24 heavy (non-hydrogen) atoms. The lowest BCUT2D eigenvalue weighted by Crippen LogP contribution is -2.31. The van der Waals surface area contributed by atoms with Crippen LogP contribution in [0.15, 0.2) is 54.0 Å². The van der Waals surface area contributed by atoms with Crippen LogP contribution in [0.2, 0.25) is 0 Å². The summed E-state index contributed by atoms with van der Waals surface area (Å²) >= 11 is 1.62. The van der Waals surface area contributed by atoms with Crippen molar-refractivity contribution in [2.24, 2.45) is 0 Å². The molecule has 1 N–H and O–H groups in total. The van der Waals surface area contributed by atoms with Gasteiger partial charge in [-0.25, -0.2) is 9.07 Å². The molecule has 124 valence electrons. The van der Waals surface area contributed by atoms with E-state index in [0.717, 1.165) is 4.88 Å². The van der Waals surface area contributed by atoms with E-state index in [0.29, 0.717) is 12.4 Å². The molecular weight excluding hydrogens is 329 g/mol. The Labute approximate surface area is 142 Å². The van der Waals surface area contributed by atoms with E-state index < -0.39 is 11.9 Å². The normalized spacial score (nSPS) is 11.9. The lowest BCUT2D eigenvalue weighted by molar-refractivity contribution is -0.122. The van der Waals surface area contributed by atoms with Gasteiger partial charge in [-0.15, -0.1) is 11.3 Å². The number of hydrogen-bond donors (Lipinski definition) is 1. The van der Waals surface area contributed by atoms with E-state index in [1.165, 1.54) is 12.1 Å². The summed E-state index contributed by atoms with van der Waals surface area (Å²) in [7, 11) is 0. The third-order valence-corrected chi connectivity index (χ3v) is 4.22. The van der Waals surface area contributed by atoms with Gasteiger partial charge in [0.1, 0.15) is 5.82 Å². The number of hydrogen-bond acceptors (Lipinski definition) is 4. The summed E-state index contributed by atoms with van der Waals surface area (Å²) in [6, 6.07) is 11.7. The number of para-hydroxylation sites is 1. The number of carbonyl (C=O) groups excluding carboxylic acids is 1. The van der Waals surface area contributed by atoms with Gasteiger partial charge >= 0.3 is 0 Å². The molecule has 0 aliphatic rings. The quantitative estimate of drug-likeness (QED) is 0.743. The smallest absolute Gasteiger partial charge is 0.266 e. The number of anilines is 1. The van der Waals surface area contributed by atoms with E-state index in [-0.39, 0.29) is 11.7 Å². The highest BCUT2D eigenvalue weighted by Gasteiger charge is 2.18. The van der Waals surface area contributed by atoms with Crippen LogP contribution in [0, 0.1) is 5.82 Å². The number of thiophene rings is 1. The van der Waals surface area contributed by atoms with Crippen LogP contribution < -0.4 is 10.1 Å². The van der Waals surface area contributed by atoms with Gasteiger partial charge in [-0.1, -0.05) is 18.2 Å². The number of rotatable bonds is 6. The Hall–Kier alpha value is -2.67. The number of nitrogens with one attached hydrogen (secondary N) is 1. The number of aromatic nitrogens is 2. The van der Waals surface area contributed by atoms with Gasteiger partial charge < -0.3 is 10.1 Å². The molecule has 0 aliphatic heterocycles. The van der Waals surface area contributed by atoms with E-state index in [4.69, 9.17) is 4.74 Å². The fraction of sp³-hybridized carbons (Fsp3) is 0.176. The highest BCUT2D eigenvalue weighted by molar-refractivity contribution is 7.09. The molecule has 1 aromatic carbocycles. The first-order chi connectivity index (χ1) is 11.6. The predicted molar refractivity (Wildman–Crippen MR) is 90.8 cm³/mol. The second-order valence-electron chi connectivity index (χ2n) is 5.13. The van der Waals surface area contributed by atoms with Crippen LogP contribution in [0.5, 0.6) is 5.75 Å². The Morgan fingerprint density at radius 2 is 2.17 bits per heavy atom. The summed E-state index contributed by atoms with van der Waals surface area (Å²) in [5.74, 6) is -0.254.